The number of nitrogens with zero attached hydrogens (tertiary/aromatic N) is 2. The SMILES string of the molecule is CSCC(=O)N1CC[NH+](Cc2nc3ccccc3s2)CC1. The topological polar surface area (TPSA) is 37.6 Å². The molecule has 0 spiro atoms. The molecule has 1 aliphatic rings. The van der Waals surface area contributed by atoms with E-state index in [4.69, 9.17) is 4.98 Å². The van der Waals surface area contributed by atoms with Crippen LogP contribution in [0.4, 0.5) is 0 Å². The zero-order chi connectivity index (χ0) is 14.7. The highest BCUT2D eigenvalue weighted by Crippen LogP contribution is 2.20. The highest BCUT2D eigenvalue weighted by Gasteiger charge is 2.24. The quantitative estimate of drug-likeness (QED) is 0.908. The van der Waals surface area contributed by atoms with Gasteiger partial charge in [-0.1, -0.05) is 12.1 Å². The Bertz CT molecular complexity index is 587. The van der Waals surface area contributed by atoms with Crippen LogP contribution in [0.3, 0.4) is 0 Å². The van der Waals surface area contributed by atoms with Gasteiger partial charge >= 0.3 is 0 Å². The van der Waals surface area contributed by atoms with E-state index in [9.17, 15) is 4.79 Å². The number of carbonyl (C=O) groups is 1. The van der Waals surface area contributed by atoms with Crippen molar-refractivity contribution in [3.8, 4) is 0 Å². The molecule has 1 aromatic carbocycles. The third kappa shape index (κ3) is 3.56. The Morgan fingerprint density at radius 2 is 2.14 bits per heavy atom. The number of carbonyl (C=O) groups excluding carboxylic acids is 1. The highest BCUT2D eigenvalue weighted by molar-refractivity contribution is 7.99. The molecule has 0 bridgehead atoms. The third-order valence-electron chi connectivity index (χ3n) is 3.83. The molecule has 0 unspecified atom stereocenters. The number of thiazole rings is 1. The third-order valence-corrected chi connectivity index (χ3v) is 5.40. The van der Waals surface area contributed by atoms with E-state index < -0.39 is 0 Å². The molecule has 1 saturated heterocycles. The second-order valence-corrected chi connectivity index (χ2v) is 7.30. The summed E-state index contributed by atoms with van der Waals surface area (Å²) >= 11 is 3.39. The van der Waals surface area contributed by atoms with Gasteiger partial charge in [-0.3, -0.25) is 4.79 Å². The van der Waals surface area contributed by atoms with Crippen LogP contribution in [-0.4, -0.2) is 54.0 Å². The molecule has 0 radical (unpaired) electrons. The van der Waals surface area contributed by atoms with Gasteiger partial charge in [-0.05, 0) is 18.4 Å². The number of para-hydroxylation sites is 1. The van der Waals surface area contributed by atoms with Crippen molar-refractivity contribution in [3.63, 3.8) is 0 Å². The van der Waals surface area contributed by atoms with E-state index in [2.05, 4.69) is 18.2 Å². The van der Waals surface area contributed by atoms with Crippen molar-refractivity contribution in [2.24, 2.45) is 0 Å². The van der Waals surface area contributed by atoms with Crippen LogP contribution in [0.25, 0.3) is 10.2 Å². The summed E-state index contributed by atoms with van der Waals surface area (Å²) in [6.45, 7) is 4.77. The van der Waals surface area contributed by atoms with Crippen molar-refractivity contribution < 1.29 is 9.69 Å². The normalized spacial score (nSPS) is 16.5. The molecule has 2 heterocycles. The minimum atomic E-state index is 0.279. The molecule has 1 amide bonds. The molecule has 112 valence electrons. The lowest BCUT2D eigenvalue weighted by Gasteiger charge is -2.31. The summed E-state index contributed by atoms with van der Waals surface area (Å²) in [5.41, 5.74) is 1.10. The van der Waals surface area contributed by atoms with Crippen molar-refractivity contribution in [1.29, 1.82) is 0 Å². The van der Waals surface area contributed by atoms with Crippen LogP contribution in [0.5, 0.6) is 0 Å². The van der Waals surface area contributed by atoms with Crippen LogP contribution in [-0.2, 0) is 11.3 Å². The number of hydrogen-bond donors (Lipinski definition) is 1. The first-order valence-electron chi connectivity index (χ1n) is 7.21. The maximum Gasteiger partial charge on any atom is 0.232 e. The van der Waals surface area contributed by atoms with E-state index in [1.54, 1.807) is 23.1 Å². The van der Waals surface area contributed by atoms with Crippen LogP contribution in [0, 0.1) is 0 Å². The predicted octanol–water partition coefficient (Wildman–Crippen LogP) is 0.886. The maximum absolute atomic E-state index is 11.9. The van der Waals surface area contributed by atoms with E-state index >= 15 is 0 Å². The van der Waals surface area contributed by atoms with Crippen molar-refractivity contribution >= 4 is 39.2 Å². The summed E-state index contributed by atoms with van der Waals surface area (Å²) in [6, 6.07) is 8.30. The molecule has 0 aliphatic carbocycles. The molecule has 1 aliphatic heterocycles. The number of benzene rings is 1. The summed E-state index contributed by atoms with van der Waals surface area (Å²) in [5.74, 6) is 0.884. The standard InChI is InChI=1S/C15H19N3OS2/c1-20-11-15(19)18-8-6-17(7-9-18)10-14-16-12-4-2-3-5-13(12)21-14/h2-5H,6-11H2,1H3/p+1. The molecular weight excluding hydrogens is 302 g/mol. The number of aromatic nitrogens is 1. The molecule has 1 aromatic heterocycles. The molecule has 4 nitrogen and oxygen atoms in total. The van der Waals surface area contributed by atoms with Gasteiger partial charge in [-0.25, -0.2) is 4.98 Å². The largest absolute Gasteiger partial charge is 0.331 e. The van der Waals surface area contributed by atoms with Gasteiger partial charge in [0.15, 0.2) is 0 Å². The van der Waals surface area contributed by atoms with Gasteiger partial charge in [-0.2, -0.15) is 11.8 Å². The van der Waals surface area contributed by atoms with E-state index in [0.717, 1.165) is 38.2 Å². The number of thioether (sulfide) groups is 1. The Labute approximate surface area is 133 Å². The second-order valence-electron chi connectivity index (χ2n) is 5.32. The van der Waals surface area contributed by atoms with Crippen molar-refractivity contribution in [3.05, 3.63) is 29.3 Å². The lowest BCUT2D eigenvalue weighted by molar-refractivity contribution is -0.917. The predicted molar refractivity (Wildman–Crippen MR) is 89.0 cm³/mol. The molecule has 1 fully saturated rings. The Kier molecular flexibility index (Phi) is 4.77. The molecular formula is C15H20N3OS2+. The first kappa shape index (κ1) is 14.8. The highest BCUT2D eigenvalue weighted by atomic mass is 32.2. The van der Waals surface area contributed by atoms with Crippen molar-refractivity contribution in [1.82, 2.24) is 9.88 Å². The van der Waals surface area contributed by atoms with E-state index in [0.29, 0.717) is 5.75 Å². The lowest BCUT2D eigenvalue weighted by atomic mass is 10.3. The van der Waals surface area contributed by atoms with Crippen LogP contribution in [0.15, 0.2) is 24.3 Å². The number of fused-ring (bicyclic) bond motifs is 1. The number of quaternary nitrogens is 1. The minimum absolute atomic E-state index is 0.279. The maximum atomic E-state index is 11.9. The molecule has 2 aromatic rings. The monoisotopic (exact) mass is 322 g/mol. The minimum Gasteiger partial charge on any atom is -0.331 e. The fourth-order valence-corrected chi connectivity index (χ4v) is 4.14. The number of amides is 1. The average Bonchev–Trinajstić information content (AvgIpc) is 2.90. The zero-order valence-corrected chi connectivity index (χ0v) is 13.8. The van der Waals surface area contributed by atoms with Gasteiger partial charge in [0.05, 0.1) is 42.1 Å². The van der Waals surface area contributed by atoms with Crippen LogP contribution < -0.4 is 4.90 Å². The molecule has 3 rings (SSSR count). The average molecular weight is 322 g/mol. The lowest BCUT2D eigenvalue weighted by Crippen LogP contribution is -3.13. The van der Waals surface area contributed by atoms with E-state index in [-0.39, 0.29) is 5.91 Å². The van der Waals surface area contributed by atoms with Gasteiger partial charge in [0.1, 0.15) is 11.6 Å². The van der Waals surface area contributed by atoms with Crippen LogP contribution in [0.1, 0.15) is 5.01 Å². The van der Waals surface area contributed by atoms with Crippen LogP contribution in [0.2, 0.25) is 0 Å². The first-order chi connectivity index (χ1) is 10.3. The van der Waals surface area contributed by atoms with E-state index in [1.165, 1.54) is 14.6 Å². The summed E-state index contributed by atoms with van der Waals surface area (Å²) in [4.78, 5) is 20.1. The zero-order valence-electron chi connectivity index (χ0n) is 12.2. The Morgan fingerprint density at radius 1 is 1.38 bits per heavy atom. The van der Waals surface area contributed by atoms with Gasteiger partial charge < -0.3 is 9.80 Å². The fraction of sp³-hybridized carbons (Fsp3) is 0.467. The Morgan fingerprint density at radius 3 is 2.86 bits per heavy atom. The fourth-order valence-electron chi connectivity index (χ4n) is 2.67. The molecule has 6 heteroatoms. The molecule has 0 saturated carbocycles. The summed E-state index contributed by atoms with van der Waals surface area (Å²) in [5, 5.41) is 1.20. The summed E-state index contributed by atoms with van der Waals surface area (Å²) in [7, 11) is 0. The Balaban J connectivity index is 1.56. The van der Waals surface area contributed by atoms with Gasteiger partial charge in [0.25, 0.3) is 0 Å². The summed E-state index contributed by atoms with van der Waals surface area (Å²) < 4.78 is 1.26. The Hall–Kier alpha value is -1.11. The molecule has 21 heavy (non-hydrogen) atoms. The number of nitrogens with one attached hydrogen (secondary N) is 1. The number of piperazine rings is 1. The smallest absolute Gasteiger partial charge is 0.232 e. The van der Waals surface area contributed by atoms with Gasteiger partial charge in [0, 0.05) is 0 Å². The number of rotatable bonds is 4. The van der Waals surface area contributed by atoms with Crippen molar-refractivity contribution in [2.45, 2.75) is 6.54 Å². The first-order valence-corrected chi connectivity index (χ1v) is 9.42. The molecule has 0 atom stereocenters. The van der Waals surface area contributed by atoms with Crippen LogP contribution >= 0.6 is 23.1 Å². The summed E-state index contributed by atoms with van der Waals surface area (Å²) in [6.07, 6.45) is 1.98. The molecule has 1 N–H and O–H groups in total. The number of hydrogen-bond acceptors (Lipinski definition) is 4. The van der Waals surface area contributed by atoms with Gasteiger partial charge in [0.2, 0.25) is 5.91 Å². The second kappa shape index (κ2) is 6.77. The van der Waals surface area contributed by atoms with Crippen molar-refractivity contribution in [2.75, 3.05) is 38.2 Å². The van der Waals surface area contributed by atoms with E-state index in [1.807, 2.05) is 17.2 Å². The van der Waals surface area contributed by atoms with Gasteiger partial charge in [-0.15, -0.1) is 11.3 Å².